The van der Waals surface area contributed by atoms with Crippen LogP contribution in [0.4, 0.5) is 0 Å². The molecule has 0 aliphatic heterocycles. The molecule has 0 bridgehead atoms. The predicted molar refractivity (Wildman–Crippen MR) is 64.8 cm³/mol. The van der Waals surface area contributed by atoms with Crippen LogP contribution in [0.2, 0.25) is 0 Å². The number of aliphatic carboxylic acids is 1. The van der Waals surface area contributed by atoms with Crippen LogP contribution in [0.1, 0.15) is 37.6 Å². The average Bonchev–Trinajstić information content (AvgIpc) is 2.87. The van der Waals surface area contributed by atoms with Gasteiger partial charge in [0.05, 0.1) is 11.6 Å². The molecule has 17 heavy (non-hydrogen) atoms. The van der Waals surface area contributed by atoms with Gasteiger partial charge in [-0.05, 0) is 37.7 Å². The summed E-state index contributed by atoms with van der Waals surface area (Å²) in [6.07, 6.45) is 4.68. The van der Waals surface area contributed by atoms with Crippen LogP contribution >= 0.6 is 0 Å². The first-order valence-corrected chi connectivity index (χ1v) is 6.36. The Balaban J connectivity index is 2.09. The van der Waals surface area contributed by atoms with Gasteiger partial charge in [-0.1, -0.05) is 13.3 Å². The monoisotopic (exact) mass is 236 g/mol. The molecule has 0 saturated heterocycles. The highest BCUT2D eigenvalue weighted by Gasteiger charge is 2.33. The van der Waals surface area contributed by atoms with Crippen molar-refractivity contribution < 1.29 is 9.90 Å². The van der Waals surface area contributed by atoms with E-state index in [9.17, 15) is 4.79 Å². The van der Waals surface area contributed by atoms with Gasteiger partial charge in [0, 0.05) is 12.7 Å². The Kier molecular flexibility index (Phi) is 3.50. The minimum atomic E-state index is -0.634. The molecule has 94 valence electrons. The smallest absolute Gasteiger partial charge is 0.306 e. The Morgan fingerprint density at radius 2 is 2.35 bits per heavy atom. The summed E-state index contributed by atoms with van der Waals surface area (Å²) in [6.45, 7) is 2.09. The Labute approximate surface area is 102 Å². The molecule has 4 nitrogen and oxygen atoms in total. The zero-order chi connectivity index (χ0) is 12.4. The topological polar surface area (TPSA) is 55.1 Å². The van der Waals surface area contributed by atoms with E-state index in [-0.39, 0.29) is 11.8 Å². The Morgan fingerprint density at radius 3 is 2.94 bits per heavy atom. The average molecular weight is 236 g/mol. The van der Waals surface area contributed by atoms with Crippen molar-refractivity contribution in [2.24, 2.45) is 18.9 Å². The first kappa shape index (κ1) is 12.1. The van der Waals surface area contributed by atoms with Crippen LogP contribution in [-0.2, 0) is 24.7 Å². The molecule has 0 amide bonds. The maximum atomic E-state index is 11.1. The highest BCUT2D eigenvalue weighted by atomic mass is 16.4. The molecule has 1 aliphatic rings. The lowest BCUT2D eigenvalue weighted by Gasteiger charge is -2.15. The Morgan fingerprint density at radius 1 is 1.59 bits per heavy atom. The third kappa shape index (κ3) is 2.51. The fourth-order valence-corrected chi connectivity index (χ4v) is 2.81. The van der Waals surface area contributed by atoms with Crippen LogP contribution in [0.15, 0.2) is 6.07 Å². The zero-order valence-corrected chi connectivity index (χ0v) is 10.5. The lowest BCUT2D eigenvalue weighted by molar-refractivity contribution is -0.142. The number of hydrogen-bond donors (Lipinski definition) is 1. The molecule has 0 radical (unpaired) electrons. The summed E-state index contributed by atoms with van der Waals surface area (Å²) in [5.74, 6) is -0.507. The maximum Gasteiger partial charge on any atom is 0.306 e. The van der Waals surface area contributed by atoms with Crippen molar-refractivity contribution in [2.75, 3.05) is 0 Å². The summed E-state index contributed by atoms with van der Waals surface area (Å²) in [6, 6.07) is 2.11. The number of rotatable bonds is 4. The maximum absolute atomic E-state index is 11.1. The second kappa shape index (κ2) is 4.90. The third-order valence-electron chi connectivity index (χ3n) is 3.84. The van der Waals surface area contributed by atoms with Gasteiger partial charge >= 0.3 is 5.97 Å². The van der Waals surface area contributed by atoms with Crippen LogP contribution in [0.25, 0.3) is 0 Å². The number of aromatic nitrogens is 2. The molecule has 2 atom stereocenters. The van der Waals surface area contributed by atoms with Gasteiger partial charge in [-0.2, -0.15) is 5.10 Å². The summed E-state index contributed by atoms with van der Waals surface area (Å²) in [5, 5.41) is 13.6. The van der Waals surface area contributed by atoms with E-state index >= 15 is 0 Å². The Hall–Kier alpha value is -1.32. The largest absolute Gasteiger partial charge is 0.481 e. The van der Waals surface area contributed by atoms with Crippen molar-refractivity contribution in [3.05, 3.63) is 17.5 Å². The molecule has 2 unspecified atom stereocenters. The minimum Gasteiger partial charge on any atom is -0.481 e. The highest BCUT2D eigenvalue weighted by molar-refractivity contribution is 5.70. The van der Waals surface area contributed by atoms with Crippen molar-refractivity contribution >= 4 is 5.97 Å². The van der Waals surface area contributed by atoms with Crippen molar-refractivity contribution in [1.82, 2.24) is 9.78 Å². The van der Waals surface area contributed by atoms with E-state index in [0.717, 1.165) is 37.8 Å². The number of nitrogens with zero attached hydrogens (tertiary/aromatic N) is 2. The first-order valence-electron chi connectivity index (χ1n) is 6.36. The van der Waals surface area contributed by atoms with Crippen LogP contribution in [0.3, 0.4) is 0 Å². The molecule has 1 fully saturated rings. The van der Waals surface area contributed by atoms with Crippen molar-refractivity contribution in [2.45, 2.75) is 39.0 Å². The van der Waals surface area contributed by atoms with E-state index in [4.69, 9.17) is 5.11 Å². The summed E-state index contributed by atoms with van der Waals surface area (Å²) in [5.41, 5.74) is 2.26. The second-order valence-corrected chi connectivity index (χ2v) is 4.94. The molecule has 1 heterocycles. The number of aryl methyl sites for hydroxylation is 2. The van der Waals surface area contributed by atoms with E-state index in [2.05, 4.69) is 18.1 Å². The molecule has 1 N–H and O–H groups in total. The van der Waals surface area contributed by atoms with E-state index in [0.29, 0.717) is 0 Å². The zero-order valence-electron chi connectivity index (χ0n) is 10.5. The molecular formula is C13H20N2O2. The summed E-state index contributed by atoms with van der Waals surface area (Å²) in [7, 11) is 1.94. The fraction of sp³-hybridized carbons (Fsp3) is 0.692. The molecule has 1 saturated carbocycles. The van der Waals surface area contributed by atoms with Crippen molar-refractivity contribution in [1.29, 1.82) is 0 Å². The fourth-order valence-electron chi connectivity index (χ4n) is 2.81. The van der Waals surface area contributed by atoms with E-state index < -0.39 is 5.97 Å². The molecule has 0 aromatic carbocycles. The van der Waals surface area contributed by atoms with Crippen LogP contribution in [0.5, 0.6) is 0 Å². The lowest BCUT2D eigenvalue weighted by atomic mass is 9.91. The van der Waals surface area contributed by atoms with Crippen LogP contribution in [-0.4, -0.2) is 20.9 Å². The van der Waals surface area contributed by atoms with Gasteiger partial charge in [0.15, 0.2) is 0 Å². The minimum absolute atomic E-state index is 0.157. The van der Waals surface area contributed by atoms with Gasteiger partial charge in [-0.15, -0.1) is 0 Å². The van der Waals surface area contributed by atoms with E-state index in [1.807, 2.05) is 11.7 Å². The molecule has 1 aromatic rings. The molecule has 2 rings (SSSR count). The standard InChI is InChI=1S/C13H20N2O2/c1-3-10-8-11(15(2)14-10)7-9-5-4-6-12(9)13(16)17/h8-9,12H,3-7H2,1-2H3,(H,16,17). The summed E-state index contributed by atoms with van der Waals surface area (Å²) < 4.78 is 1.90. The van der Waals surface area contributed by atoms with Gasteiger partial charge < -0.3 is 5.11 Å². The van der Waals surface area contributed by atoms with Gasteiger partial charge in [0.25, 0.3) is 0 Å². The van der Waals surface area contributed by atoms with Crippen molar-refractivity contribution in [3.63, 3.8) is 0 Å². The summed E-state index contributed by atoms with van der Waals surface area (Å²) >= 11 is 0. The van der Waals surface area contributed by atoms with Crippen LogP contribution < -0.4 is 0 Å². The predicted octanol–water partition coefficient (Wildman–Crippen LogP) is 2.03. The SMILES string of the molecule is CCc1cc(CC2CCCC2C(=O)O)n(C)n1. The quantitative estimate of drug-likeness (QED) is 0.870. The van der Waals surface area contributed by atoms with Gasteiger partial charge in [0.1, 0.15) is 0 Å². The number of carboxylic acids is 1. The molecular weight excluding hydrogens is 216 g/mol. The van der Waals surface area contributed by atoms with Gasteiger partial charge in [-0.25, -0.2) is 0 Å². The van der Waals surface area contributed by atoms with Gasteiger partial charge in [-0.3, -0.25) is 9.48 Å². The molecule has 4 heteroatoms. The van der Waals surface area contributed by atoms with E-state index in [1.165, 1.54) is 5.69 Å². The number of carboxylic acid groups (broad SMARTS) is 1. The Bertz CT molecular complexity index is 412. The van der Waals surface area contributed by atoms with Crippen molar-refractivity contribution in [3.8, 4) is 0 Å². The highest BCUT2D eigenvalue weighted by Crippen LogP contribution is 2.34. The molecule has 0 spiro atoms. The van der Waals surface area contributed by atoms with Gasteiger partial charge in [0.2, 0.25) is 0 Å². The second-order valence-electron chi connectivity index (χ2n) is 4.94. The summed E-state index contributed by atoms with van der Waals surface area (Å²) in [4.78, 5) is 11.1. The third-order valence-corrected chi connectivity index (χ3v) is 3.84. The lowest BCUT2D eigenvalue weighted by Crippen LogP contribution is -2.20. The molecule has 1 aliphatic carbocycles. The number of hydrogen-bond acceptors (Lipinski definition) is 2. The van der Waals surface area contributed by atoms with E-state index in [1.54, 1.807) is 0 Å². The number of carbonyl (C=O) groups is 1. The first-order chi connectivity index (χ1) is 8.11. The molecule has 1 aromatic heterocycles. The normalized spacial score (nSPS) is 24.1. The van der Waals surface area contributed by atoms with Crippen LogP contribution in [0, 0.1) is 11.8 Å².